The Bertz CT molecular complexity index is 225. The second kappa shape index (κ2) is 5.04. The number of rotatable bonds is 2. The summed E-state index contributed by atoms with van der Waals surface area (Å²) in [5.74, 6) is 0. The standard InChI is InChI=1S/C12H29BO2PS/c1-10(2,3)16(11(4,5)6,12(7,8)9)17-13(14)15/h14-15H,1-9H3/q+1. The second-order valence-electron chi connectivity index (χ2n) is 7.55. The molecule has 0 fully saturated rings. The monoisotopic (exact) mass is 279 g/mol. The fraction of sp³-hybridized carbons (Fsp3) is 1.00. The second-order valence-corrected chi connectivity index (χ2v) is 15.7. The van der Waals surface area contributed by atoms with Gasteiger partial charge in [-0.3, -0.25) is 0 Å². The molecule has 0 aliphatic carbocycles. The summed E-state index contributed by atoms with van der Waals surface area (Å²) in [4.78, 5) is 0. The summed E-state index contributed by atoms with van der Waals surface area (Å²) in [6.07, 6.45) is -1.29. The summed E-state index contributed by atoms with van der Waals surface area (Å²) >= 11 is 1.39. The van der Waals surface area contributed by atoms with Crippen LogP contribution in [-0.4, -0.2) is 31.9 Å². The van der Waals surface area contributed by atoms with Crippen molar-refractivity contribution in [2.45, 2.75) is 77.8 Å². The van der Waals surface area contributed by atoms with Crippen molar-refractivity contribution in [1.82, 2.24) is 0 Å². The number of hydrogen-bond donors (Lipinski definition) is 2. The van der Waals surface area contributed by atoms with Crippen molar-refractivity contribution in [2.24, 2.45) is 0 Å². The van der Waals surface area contributed by atoms with E-state index in [0.717, 1.165) is 0 Å². The average Bonchev–Trinajstić information content (AvgIpc) is 1.91. The van der Waals surface area contributed by atoms with Gasteiger partial charge in [0.25, 0.3) is 0 Å². The molecular formula is C12H29BO2PS+. The van der Waals surface area contributed by atoms with Crippen LogP contribution >= 0.6 is 17.7 Å². The van der Waals surface area contributed by atoms with Crippen molar-refractivity contribution < 1.29 is 10.0 Å². The van der Waals surface area contributed by atoms with E-state index in [1.165, 1.54) is 11.2 Å². The maximum Gasteiger partial charge on any atom is 0.566 e. The zero-order valence-corrected chi connectivity index (χ0v) is 14.5. The van der Waals surface area contributed by atoms with Crippen LogP contribution in [0.5, 0.6) is 0 Å². The smallest absolute Gasteiger partial charge is 0.416 e. The number of hydrogen-bond acceptors (Lipinski definition) is 3. The Labute approximate surface area is 112 Å². The molecule has 0 atom stereocenters. The Morgan fingerprint density at radius 2 is 0.941 bits per heavy atom. The minimum absolute atomic E-state index is 0.0673. The summed E-state index contributed by atoms with van der Waals surface area (Å²) in [6.45, 7) is 18.4. The molecule has 0 saturated carbocycles. The topological polar surface area (TPSA) is 40.5 Å². The van der Waals surface area contributed by atoms with E-state index in [2.05, 4.69) is 62.3 Å². The predicted octanol–water partition coefficient (Wildman–Crippen LogP) is 4.02. The van der Waals surface area contributed by atoms with Crippen molar-refractivity contribution in [3.63, 3.8) is 0 Å². The summed E-state index contributed by atoms with van der Waals surface area (Å²) < 4.78 is 0. The van der Waals surface area contributed by atoms with E-state index in [1.54, 1.807) is 0 Å². The molecule has 0 radical (unpaired) electrons. The van der Waals surface area contributed by atoms with Gasteiger partial charge in [0.1, 0.15) is 0 Å². The zero-order valence-electron chi connectivity index (χ0n) is 12.8. The average molecular weight is 279 g/mol. The maximum atomic E-state index is 9.52. The summed E-state index contributed by atoms with van der Waals surface area (Å²) in [5.41, 5.74) is 0. The van der Waals surface area contributed by atoms with Crippen LogP contribution in [0.2, 0.25) is 0 Å². The SMILES string of the molecule is CC(C)(C)[P+](SB(O)O)(C(C)(C)C)C(C)(C)C. The Kier molecular flexibility index (Phi) is 5.26. The van der Waals surface area contributed by atoms with E-state index in [9.17, 15) is 10.0 Å². The highest BCUT2D eigenvalue weighted by molar-refractivity contribution is 8.74. The van der Waals surface area contributed by atoms with Crippen LogP contribution in [0.25, 0.3) is 0 Å². The van der Waals surface area contributed by atoms with Crippen molar-refractivity contribution in [2.75, 3.05) is 0 Å². The first-order valence-electron chi connectivity index (χ1n) is 6.11. The molecule has 0 aromatic heterocycles. The van der Waals surface area contributed by atoms with E-state index in [-0.39, 0.29) is 15.5 Å². The lowest BCUT2D eigenvalue weighted by Crippen LogP contribution is -2.43. The first kappa shape index (κ1) is 17.8. The van der Waals surface area contributed by atoms with E-state index in [1.807, 2.05) is 0 Å². The van der Waals surface area contributed by atoms with Gasteiger partial charge >= 0.3 is 6.40 Å². The van der Waals surface area contributed by atoms with Crippen molar-refractivity contribution in [3.05, 3.63) is 0 Å². The predicted molar refractivity (Wildman–Crippen MR) is 84.0 cm³/mol. The minimum atomic E-state index is -1.69. The van der Waals surface area contributed by atoms with Crippen LogP contribution in [0, 0.1) is 0 Å². The van der Waals surface area contributed by atoms with Crippen molar-refractivity contribution >= 4 is 24.1 Å². The van der Waals surface area contributed by atoms with Gasteiger partial charge < -0.3 is 10.0 Å². The molecular weight excluding hydrogens is 250 g/mol. The maximum absolute atomic E-state index is 9.52. The van der Waals surface area contributed by atoms with E-state index < -0.39 is 12.9 Å². The summed E-state index contributed by atoms with van der Waals surface area (Å²) in [7, 11) is 0. The van der Waals surface area contributed by atoms with E-state index >= 15 is 0 Å². The molecule has 0 rings (SSSR count). The fourth-order valence-electron chi connectivity index (χ4n) is 3.63. The van der Waals surface area contributed by atoms with Crippen LogP contribution in [0.4, 0.5) is 0 Å². The molecule has 0 spiro atoms. The lowest BCUT2D eigenvalue weighted by Gasteiger charge is -2.52. The third-order valence-corrected chi connectivity index (χ3v) is 15.7. The highest BCUT2D eigenvalue weighted by atomic mass is 32.7. The lowest BCUT2D eigenvalue weighted by molar-refractivity contribution is 0.438. The van der Waals surface area contributed by atoms with Gasteiger partial charge in [-0.1, -0.05) is 0 Å². The van der Waals surface area contributed by atoms with Gasteiger partial charge in [-0.2, -0.15) is 0 Å². The van der Waals surface area contributed by atoms with Crippen molar-refractivity contribution in [3.8, 4) is 0 Å². The quantitative estimate of drug-likeness (QED) is 0.592. The van der Waals surface area contributed by atoms with Gasteiger partial charge in [-0.25, -0.2) is 0 Å². The van der Waals surface area contributed by atoms with E-state index in [0.29, 0.717) is 0 Å². The minimum Gasteiger partial charge on any atom is -0.416 e. The molecule has 102 valence electrons. The molecule has 0 saturated heterocycles. The van der Waals surface area contributed by atoms with Gasteiger partial charge in [-0.05, 0) is 62.3 Å². The Hall–Kier alpha value is 0.765. The fourth-order valence-corrected chi connectivity index (χ4v) is 14.6. The molecule has 2 N–H and O–H groups in total. The molecule has 0 aliphatic heterocycles. The van der Waals surface area contributed by atoms with Crippen LogP contribution in [0.3, 0.4) is 0 Å². The lowest BCUT2D eigenvalue weighted by atomic mass is 10.2. The first-order chi connectivity index (χ1) is 7.17. The zero-order chi connectivity index (χ0) is 14.3. The van der Waals surface area contributed by atoms with Gasteiger partial charge in [-0.15, -0.1) is 0 Å². The Morgan fingerprint density at radius 1 is 0.706 bits per heavy atom. The summed E-state index contributed by atoms with van der Waals surface area (Å²) in [5, 5.41) is 19.3. The highest BCUT2D eigenvalue weighted by Crippen LogP contribution is 2.90. The third-order valence-electron chi connectivity index (χ3n) is 3.09. The van der Waals surface area contributed by atoms with Gasteiger partial charge in [0.15, 0.2) is 0 Å². The third kappa shape index (κ3) is 3.40. The molecule has 0 bridgehead atoms. The molecule has 5 heteroatoms. The van der Waals surface area contributed by atoms with Crippen LogP contribution in [0.1, 0.15) is 62.3 Å². The van der Waals surface area contributed by atoms with Gasteiger partial charge in [0.05, 0.1) is 21.9 Å². The van der Waals surface area contributed by atoms with Gasteiger partial charge in [0.2, 0.25) is 0 Å². The molecule has 0 aromatic rings. The normalized spacial score (nSPS) is 15.0. The molecule has 0 aliphatic rings. The van der Waals surface area contributed by atoms with Crippen LogP contribution < -0.4 is 0 Å². The molecule has 17 heavy (non-hydrogen) atoms. The molecule has 2 nitrogen and oxygen atoms in total. The van der Waals surface area contributed by atoms with Gasteiger partial charge in [0, 0.05) is 11.2 Å². The van der Waals surface area contributed by atoms with Crippen molar-refractivity contribution in [1.29, 1.82) is 0 Å². The molecule has 0 unspecified atom stereocenters. The summed E-state index contributed by atoms with van der Waals surface area (Å²) in [6, 6.07) is 0. The molecule has 0 amide bonds. The van der Waals surface area contributed by atoms with Crippen LogP contribution in [-0.2, 0) is 0 Å². The van der Waals surface area contributed by atoms with E-state index in [4.69, 9.17) is 0 Å². The molecule has 0 aromatic carbocycles. The first-order valence-corrected chi connectivity index (χ1v) is 9.38. The highest BCUT2D eigenvalue weighted by Gasteiger charge is 2.67. The Morgan fingerprint density at radius 3 is 1.00 bits per heavy atom. The van der Waals surface area contributed by atoms with Crippen LogP contribution in [0.15, 0.2) is 0 Å². The molecule has 0 heterocycles. The Balaban J connectivity index is 5.93. The largest absolute Gasteiger partial charge is 0.566 e.